The van der Waals surface area contributed by atoms with Gasteiger partial charge in [0.25, 0.3) is 0 Å². The minimum Gasteiger partial charge on any atom is -0.0895 e. The highest BCUT2D eigenvalue weighted by Crippen LogP contribution is 2.34. The fourth-order valence-corrected chi connectivity index (χ4v) is 3.74. The van der Waals surface area contributed by atoms with Gasteiger partial charge < -0.3 is 0 Å². The molecule has 0 aliphatic rings. The Balaban J connectivity index is 2.36. The van der Waals surface area contributed by atoms with Crippen LogP contribution in [-0.4, -0.2) is 0 Å². The summed E-state index contributed by atoms with van der Waals surface area (Å²) in [5.74, 6) is 0. The summed E-state index contributed by atoms with van der Waals surface area (Å²) < 4.78 is 1.29. The molecule has 0 amide bonds. The van der Waals surface area contributed by atoms with E-state index in [-0.39, 0.29) is 0 Å². The summed E-state index contributed by atoms with van der Waals surface area (Å²) in [6.45, 7) is 6.53. The Morgan fingerprint density at radius 3 is 2.18 bits per heavy atom. The Hall–Kier alpha value is -0.480. The number of rotatable bonds is 2. The molecule has 0 saturated carbocycles. The molecule has 0 saturated heterocycles. The third kappa shape index (κ3) is 3.26. The lowest BCUT2D eigenvalue weighted by Crippen LogP contribution is -1.87. The van der Waals surface area contributed by atoms with Gasteiger partial charge in [-0.25, -0.2) is 0 Å². The predicted octanol–water partition coefficient (Wildman–Crippen LogP) is 5.37. The zero-order valence-electron chi connectivity index (χ0n) is 10.3. The van der Waals surface area contributed by atoms with E-state index in [1.165, 1.54) is 30.1 Å². The smallest absolute Gasteiger partial charge is 0.0181 e. The van der Waals surface area contributed by atoms with Crippen molar-refractivity contribution in [3.63, 3.8) is 0 Å². The molecule has 88 valence electrons. The van der Waals surface area contributed by atoms with Gasteiger partial charge in [-0.1, -0.05) is 35.5 Å². The summed E-state index contributed by atoms with van der Waals surface area (Å²) in [6, 6.07) is 13.1. The van der Waals surface area contributed by atoms with E-state index in [1.807, 2.05) is 11.8 Å². The molecule has 0 fully saturated rings. The van der Waals surface area contributed by atoms with Gasteiger partial charge in [0.15, 0.2) is 0 Å². The molecule has 0 bridgehead atoms. The maximum Gasteiger partial charge on any atom is 0.0181 e. The third-order valence-electron chi connectivity index (χ3n) is 2.62. The first-order valence-corrected chi connectivity index (χ1v) is 7.47. The number of aryl methyl sites for hydroxylation is 3. The van der Waals surface area contributed by atoms with Crippen LogP contribution in [0, 0.1) is 24.3 Å². The van der Waals surface area contributed by atoms with Crippen molar-refractivity contribution in [1.29, 1.82) is 0 Å². The largest absolute Gasteiger partial charge is 0.0895 e. The number of benzene rings is 2. The van der Waals surface area contributed by atoms with Crippen molar-refractivity contribution in [2.45, 2.75) is 30.6 Å². The van der Waals surface area contributed by atoms with Crippen LogP contribution in [0.25, 0.3) is 0 Å². The highest BCUT2D eigenvalue weighted by Gasteiger charge is 2.06. The molecule has 2 aromatic carbocycles. The Bertz CT molecular complexity index is 523. The summed E-state index contributed by atoms with van der Waals surface area (Å²) in [7, 11) is 0. The van der Waals surface area contributed by atoms with Crippen LogP contribution >= 0.6 is 34.4 Å². The molecule has 2 aromatic rings. The maximum absolute atomic E-state index is 2.36. The fraction of sp³-hybridized carbons (Fsp3) is 0.200. The van der Waals surface area contributed by atoms with E-state index in [9.17, 15) is 0 Å². The molecule has 17 heavy (non-hydrogen) atoms. The first kappa shape index (κ1) is 13.0. The van der Waals surface area contributed by atoms with Gasteiger partial charge in [-0.2, -0.15) is 0 Å². The molecular weight excluding hydrogens is 339 g/mol. The lowest BCUT2D eigenvalue weighted by Gasteiger charge is -2.10. The Kier molecular flexibility index (Phi) is 4.15. The van der Waals surface area contributed by atoms with Crippen LogP contribution in [0.1, 0.15) is 16.7 Å². The Labute approximate surface area is 121 Å². The van der Waals surface area contributed by atoms with Gasteiger partial charge in [-0.05, 0) is 72.7 Å². The van der Waals surface area contributed by atoms with Crippen molar-refractivity contribution in [3.8, 4) is 0 Å². The quantitative estimate of drug-likeness (QED) is 0.654. The van der Waals surface area contributed by atoms with E-state index >= 15 is 0 Å². The maximum atomic E-state index is 2.36. The van der Waals surface area contributed by atoms with Crippen molar-refractivity contribution in [3.05, 3.63) is 56.7 Å². The van der Waals surface area contributed by atoms with E-state index in [2.05, 4.69) is 79.8 Å². The van der Waals surface area contributed by atoms with E-state index in [1.54, 1.807) is 0 Å². The second kappa shape index (κ2) is 5.44. The SMILES string of the molecule is Cc1cc(C)c(Sc2cccc(I)c2)c(C)c1. The Morgan fingerprint density at radius 1 is 0.941 bits per heavy atom. The standard InChI is InChI=1S/C15H15IS/c1-10-7-11(2)15(12(3)8-10)17-14-6-4-5-13(16)9-14/h4-9H,1-3H3. The van der Waals surface area contributed by atoms with Crippen LogP contribution < -0.4 is 0 Å². The zero-order valence-corrected chi connectivity index (χ0v) is 13.2. The predicted molar refractivity (Wildman–Crippen MR) is 83.9 cm³/mol. The average molecular weight is 354 g/mol. The van der Waals surface area contributed by atoms with E-state index < -0.39 is 0 Å². The summed E-state index contributed by atoms with van der Waals surface area (Å²) >= 11 is 4.22. The molecule has 0 heterocycles. The lowest BCUT2D eigenvalue weighted by molar-refractivity contribution is 1.18. The van der Waals surface area contributed by atoms with Crippen LogP contribution in [-0.2, 0) is 0 Å². The highest BCUT2D eigenvalue weighted by atomic mass is 127. The first-order valence-electron chi connectivity index (χ1n) is 5.57. The molecular formula is C15H15IS. The summed E-state index contributed by atoms with van der Waals surface area (Å²) in [5, 5.41) is 0. The molecule has 0 N–H and O–H groups in total. The van der Waals surface area contributed by atoms with E-state index in [4.69, 9.17) is 0 Å². The molecule has 2 heteroatoms. The topological polar surface area (TPSA) is 0 Å². The molecule has 0 aliphatic heterocycles. The molecule has 0 aromatic heterocycles. The van der Waals surface area contributed by atoms with E-state index in [0.717, 1.165) is 0 Å². The summed E-state index contributed by atoms with van der Waals surface area (Å²) in [5.41, 5.74) is 4.07. The van der Waals surface area contributed by atoms with Gasteiger partial charge in [0.05, 0.1) is 0 Å². The second-order valence-electron chi connectivity index (χ2n) is 4.29. The van der Waals surface area contributed by atoms with Crippen molar-refractivity contribution in [1.82, 2.24) is 0 Å². The van der Waals surface area contributed by atoms with Crippen LogP contribution in [0.5, 0.6) is 0 Å². The molecule has 0 radical (unpaired) electrons. The van der Waals surface area contributed by atoms with E-state index in [0.29, 0.717) is 0 Å². The van der Waals surface area contributed by atoms with Crippen molar-refractivity contribution in [2.75, 3.05) is 0 Å². The van der Waals surface area contributed by atoms with Crippen LogP contribution in [0.4, 0.5) is 0 Å². The molecule has 0 atom stereocenters. The molecule has 2 rings (SSSR count). The number of hydrogen-bond donors (Lipinski definition) is 0. The normalized spacial score (nSPS) is 10.6. The molecule has 0 unspecified atom stereocenters. The summed E-state index contributed by atoms with van der Waals surface area (Å²) in [4.78, 5) is 2.70. The molecule has 0 aliphatic carbocycles. The van der Waals surface area contributed by atoms with Crippen LogP contribution in [0.15, 0.2) is 46.2 Å². The highest BCUT2D eigenvalue weighted by molar-refractivity contribution is 14.1. The minimum atomic E-state index is 1.29. The molecule has 0 spiro atoms. The second-order valence-corrected chi connectivity index (χ2v) is 6.62. The average Bonchev–Trinajstić information content (AvgIpc) is 2.23. The van der Waals surface area contributed by atoms with Gasteiger partial charge in [-0.15, -0.1) is 0 Å². The number of halogens is 1. The van der Waals surface area contributed by atoms with Gasteiger partial charge in [-0.3, -0.25) is 0 Å². The van der Waals surface area contributed by atoms with Crippen LogP contribution in [0.2, 0.25) is 0 Å². The van der Waals surface area contributed by atoms with Gasteiger partial charge in [0, 0.05) is 13.4 Å². The van der Waals surface area contributed by atoms with Crippen molar-refractivity contribution < 1.29 is 0 Å². The minimum absolute atomic E-state index is 1.29. The number of hydrogen-bond acceptors (Lipinski definition) is 1. The molecule has 0 nitrogen and oxygen atoms in total. The van der Waals surface area contributed by atoms with Crippen molar-refractivity contribution in [2.24, 2.45) is 0 Å². The Morgan fingerprint density at radius 2 is 1.59 bits per heavy atom. The van der Waals surface area contributed by atoms with Crippen LogP contribution in [0.3, 0.4) is 0 Å². The summed E-state index contributed by atoms with van der Waals surface area (Å²) in [6.07, 6.45) is 0. The zero-order chi connectivity index (χ0) is 12.4. The fourth-order valence-electron chi connectivity index (χ4n) is 1.98. The van der Waals surface area contributed by atoms with Gasteiger partial charge in [0.1, 0.15) is 0 Å². The first-order chi connectivity index (χ1) is 8.06. The lowest BCUT2D eigenvalue weighted by atomic mass is 10.1. The van der Waals surface area contributed by atoms with Gasteiger partial charge >= 0.3 is 0 Å². The monoisotopic (exact) mass is 354 g/mol. The van der Waals surface area contributed by atoms with Crippen molar-refractivity contribution >= 4 is 34.4 Å². The third-order valence-corrected chi connectivity index (χ3v) is 4.63. The van der Waals surface area contributed by atoms with Gasteiger partial charge in [0.2, 0.25) is 0 Å².